The molecule has 1 aromatic heterocycles. The molecule has 3 aromatic rings. The van der Waals surface area contributed by atoms with Crippen LogP contribution in [-0.2, 0) is 9.53 Å². The van der Waals surface area contributed by atoms with E-state index in [1.807, 2.05) is 48.5 Å². The fourth-order valence-electron chi connectivity index (χ4n) is 3.06. The van der Waals surface area contributed by atoms with Gasteiger partial charge in [0.15, 0.2) is 0 Å². The summed E-state index contributed by atoms with van der Waals surface area (Å²) in [6.45, 7) is 0.419. The van der Waals surface area contributed by atoms with Crippen molar-refractivity contribution in [3.8, 4) is 0 Å². The molecule has 0 saturated carbocycles. The predicted molar refractivity (Wildman–Crippen MR) is 111 cm³/mol. The van der Waals surface area contributed by atoms with Gasteiger partial charge >= 0.3 is 0 Å². The molecule has 27 heavy (non-hydrogen) atoms. The third-order valence-electron chi connectivity index (χ3n) is 4.47. The number of benzene rings is 2. The van der Waals surface area contributed by atoms with E-state index in [4.69, 9.17) is 16.3 Å². The first-order valence-electron chi connectivity index (χ1n) is 8.82. The number of methoxy groups -OCH3 is 1. The number of carbonyl (C=O) groups excluding carboxylic acids is 1. The van der Waals surface area contributed by atoms with Crippen LogP contribution in [-0.4, -0.2) is 19.6 Å². The monoisotopic (exact) mass is 399 g/mol. The van der Waals surface area contributed by atoms with Gasteiger partial charge in [-0.25, -0.2) is 0 Å². The smallest absolute Gasteiger partial charge is 0.221 e. The Balaban J connectivity index is 1.68. The molecule has 0 spiro atoms. The van der Waals surface area contributed by atoms with Gasteiger partial charge in [0, 0.05) is 30.9 Å². The number of hydrogen-bond acceptors (Lipinski definition) is 3. The van der Waals surface area contributed by atoms with Crippen molar-refractivity contribution >= 4 is 28.8 Å². The van der Waals surface area contributed by atoms with Crippen LogP contribution in [0.2, 0.25) is 4.34 Å². The Morgan fingerprint density at radius 3 is 2.07 bits per heavy atom. The standard InChI is InChI=1S/C22H22ClNO2S/c1-26-19(20-12-13-21(23)27-20)15-24-22(25)14-18(16-8-4-2-5-9-16)17-10-6-3-7-11-17/h2-13,18-19H,14-15H2,1H3,(H,24,25). The first kappa shape index (κ1) is 19.6. The van der Waals surface area contributed by atoms with Crippen molar-refractivity contribution in [2.45, 2.75) is 18.4 Å². The maximum atomic E-state index is 12.7. The van der Waals surface area contributed by atoms with Crippen LogP contribution in [0.1, 0.15) is 34.4 Å². The molecule has 0 aliphatic carbocycles. The third-order valence-corrected chi connectivity index (χ3v) is 5.80. The van der Waals surface area contributed by atoms with E-state index in [1.165, 1.54) is 11.3 Å². The van der Waals surface area contributed by atoms with Gasteiger partial charge in [0.2, 0.25) is 5.91 Å². The molecule has 0 saturated heterocycles. The SMILES string of the molecule is COC(CNC(=O)CC(c1ccccc1)c1ccccc1)c1ccc(Cl)s1. The second-order valence-corrected chi connectivity index (χ2v) is 8.00. The van der Waals surface area contributed by atoms with Crippen molar-refractivity contribution in [2.24, 2.45) is 0 Å². The normalized spacial score (nSPS) is 12.1. The second-order valence-electron chi connectivity index (χ2n) is 6.25. The lowest BCUT2D eigenvalue weighted by Gasteiger charge is -2.19. The van der Waals surface area contributed by atoms with Crippen LogP contribution in [0.5, 0.6) is 0 Å². The number of ether oxygens (including phenoxy) is 1. The van der Waals surface area contributed by atoms with E-state index in [9.17, 15) is 4.79 Å². The van der Waals surface area contributed by atoms with Crippen molar-refractivity contribution in [1.29, 1.82) is 0 Å². The summed E-state index contributed by atoms with van der Waals surface area (Å²) in [4.78, 5) is 13.7. The highest BCUT2D eigenvalue weighted by Gasteiger charge is 2.20. The average Bonchev–Trinajstić information content (AvgIpc) is 3.14. The van der Waals surface area contributed by atoms with Gasteiger partial charge in [-0.05, 0) is 23.3 Å². The molecule has 3 nitrogen and oxygen atoms in total. The van der Waals surface area contributed by atoms with E-state index >= 15 is 0 Å². The van der Waals surface area contributed by atoms with Gasteiger partial charge in [-0.2, -0.15) is 0 Å². The molecule has 2 aromatic carbocycles. The maximum Gasteiger partial charge on any atom is 0.221 e. The topological polar surface area (TPSA) is 38.3 Å². The molecular formula is C22H22ClNO2S. The summed E-state index contributed by atoms with van der Waals surface area (Å²) in [6, 6.07) is 24.0. The zero-order valence-electron chi connectivity index (χ0n) is 15.1. The van der Waals surface area contributed by atoms with Gasteiger partial charge in [0.25, 0.3) is 0 Å². The van der Waals surface area contributed by atoms with Crippen molar-refractivity contribution in [3.05, 3.63) is 93.1 Å². The summed E-state index contributed by atoms with van der Waals surface area (Å²) >= 11 is 7.47. The van der Waals surface area contributed by atoms with E-state index in [0.717, 1.165) is 16.0 Å². The van der Waals surface area contributed by atoms with Crippen LogP contribution in [0.3, 0.4) is 0 Å². The summed E-state index contributed by atoms with van der Waals surface area (Å²) in [7, 11) is 1.64. The summed E-state index contributed by atoms with van der Waals surface area (Å²) in [5.74, 6) is 0.0157. The maximum absolute atomic E-state index is 12.7. The van der Waals surface area contributed by atoms with Crippen LogP contribution in [0.15, 0.2) is 72.8 Å². The van der Waals surface area contributed by atoms with Gasteiger partial charge in [-0.15, -0.1) is 11.3 Å². The Morgan fingerprint density at radius 2 is 1.59 bits per heavy atom. The molecule has 0 radical (unpaired) electrons. The highest BCUT2D eigenvalue weighted by Crippen LogP contribution is 2.29. The number of halogens is 1. The van der Waals surface area contributed by atoms with Crippen LogP contribution in [0.25, 0.3) is 0 Å². The Morgan fingerprint density at radius 1 is 1.00 bits per heavy atom. The van der Waals surface area contributed by atoms with Crippen LogP contribution in [0, 0.1) is 0 Å². The fourth-order valence-corrected chi connectivity index (χ4v) is 4.20. The number of hydrogen-bond donors (Lipinski definition) is 1. The molecule has 0 aliphatic rings. The lowest BCUT2D eigenvalue weighted by atomic mass is 9.88. The Kier molecular flexibility index (Phi) is 7.04. The minimum Gasteiger partial charge on any atom is -0.374 e. The molecule has 0 aliphatic heterocycles. The fraction of sp³-hybridized carbons (Fsp3) is 0.227. The zero-order valence-corrected chi connectivity index (χ0v) is 16.7. The molecule has 0 fully saturated rings. The first-order chi connectivity index (χ1) is 13.2. The number of rotatable bonds is 8. The van der Waals surface area contributed by atoms with Crippen molar-refractivity contribution < 1.29 is 9.53 Å². The first-order valence-corrected chi connectivity index (χ1v) is 10.0. The van der Waals surface area contributed by atoms with E-state index in [0.29, 0.717) is 17.3 Å². The molecule has 1 heterocycles. The number of carbonyl (C=O) groups is 1. The molecule has 140 valence electrons. The number of amides is 1. The summed E-state index contributed by atoms with van der Waals surface area (Å²) in [5.41, 5.74) is 2.26. The highest BCUT2D eigenvalue weighted by atomic mass is 35.5. The minimum absolute atomic E-state index is 0.00240. The molecule has 5 heteroatoms. The van der Waals surface area contributed by atoms with E-state index in [-0.39, 0.29) is 17.9 Å². The lowest BCUT2D eigenvalue weighted by Crippen LogP contribution is -2.30. The van der Waals surface area contributed by atoms with E-state index < -0.39 is 0 Å². The van der Waals surface area contributed by atoms with Gasteiger partial charge in [0.05, 0.1) is 4.34 Å². The van der Waals surface area contributed by atoms with Crippen molar-refractivity contribution in [3.63, 3.8) is 0 Å². The molecular weight excluding hydrogens is 378 g/mol. The average molecular weight is 400 g/mol. The van der Waals surface area contributed by atoms with Gasteiger partial charge in [-0.1, -0.05) is 72.3 Å². The number of nitrogens with one attached hydrogen (secondary N) is 1. The van der Waals surface area contributed by atoms with Crippen LogP contribution >= 0.6 is 22.9 Å². The summed E-state index contributed by atoms with van der Waals surface area (Å²) in [6.07, 6.45) is 0.189. The molecule has 1 N–H and O–H groups in total. The quantitative estimate of drug-likeness (QED) is 0.548. The van der Waals surface area contributed by atoms with Crippen molar-refractivity contribution in [2.75, 3.05) is 13.7 Å². The van der Waals surface area contributed by atoms with Gasteiger partial charge < -0.3 is 10.1 Å². The third kappa shape index (κ3) is 5.42. The Labute approximate surface area is 169 Å². The molecule has 0 bridgehead atoms. The highest BCUT2D eigenvalue weighted by molar-refractivity contribution is 7.16. The second kappa shape index (κ2) is 9.70. The minimum atomic E-state index is -0.196. The van der Waals surface area contributed by atoms with Crippen LogP contribution < -0.4 is 5.32 Å². The lowest BCUT2D eigenvalue weighted by molar-refractivity contribution is -0.121. The zero-order chi connectivity index (χ0) is 19.1. The van der Waals surface area contributed by atoms with Crippen molar-refractivity contribution in [1.82, 2.24) is 5.32 Å². The predicted octanol–water partition coefficient (Wildman–Crippen LogP) is 5.43. The van der Waals surface area contributed by atoms with E-state index in [1.54, 1.807) is 7.11 Å². The molecule has 1 unspecified atom stereocenters. The summed E-state index contributed by atoms with van der Waals surface area (Å²) in [5, 5.41) is 3.01. The Bertz CT molecular complexity index is 812. The Hall–Kier alpha value is -2.14. The number of thiophene rings is 1. The van der Waals surface area contributed by atoms with Crippen LogP contribution in [0.4, 0.5) is 0 Å². The van der Waals surface area contributed by atoms with Gasteiger partial charge in [0.1, 0.15) is 6.10 Å². The molecule has 3 rings (SSSR count). The van der Waals surface area contributed by atoms with E-state index in [2.05, 4.69) is 29.6 Å². The molecule has 1 amide bonds. The summed E-state index contributed by atoms with van der Waals surface area (Å²) < 4.78 is 6.23. The largest absolute Gasteiger partial charge is 0.374 e. The molecule has 1 atom stereocenters. The van der Waals surface area contributed by atoms with Gasteiger partial charge in [-0.3, -0.25) is 4.79 Å².